The lowest BCUT2D eigenvalue weighted by molar-refractivity contribution is -0.0613. The van der Waals surface area contributed by atoms with E-state index in [0.717, 1.165) is 0 Å². The Kier molecular flexibility index (Phi) is 3.31. The number of rotatable bonds is 2. The first-order chi connectivity index (χ1) is 6.97. The first-order valence-corrected chi connectivity index (χ1v) is 4.39. The molecule has 1 amide bonds. The maximum atomic E-state index is 13.3. The molecule has 0 aromatic heterocycles. The van der Waals surface area contributed by atoms with E-state index in [1.54, 1.807) is 0 Å². The summed E-state index contributed by atoms with van der Waals surface area (Å²) in [6.45, 7) is 0. The Balaban J connectivity index is 2.84. The molecule has 0 aromatic rings. The van der Waals surface area contributed by atoms with E-state index >= 15 is 0 Å². The van der Waals surface area contributed by atoms with Crippen molar-refractivity contribution in [2.24, 2.45) is 5.11 Å². The van der Waals surface area contributed by atoms with Crippen LogP contribution in [-0.2, 0) is 0 Å². The van der Waals surface area contributed by atoms with Crippen LogP contribution < -0.4 is 5.32 Å². The van der Waals surface area contributed by atoms with Crippen molar-refractivity contribution >= 4 is 6.09 Å². The summed E-state index contributed by atoms with van der Waals surface area (Å²) in [4.78, 5) is 12.7. The molecule has 0 aromatic carbocycles. The lowest BCUT2D eigenvalue weighted by atomic mass is 9.87. The van der Waals surface area contributed by atoms with Gasteiger partial charge in [0.1, 0.15) is 6.04 Å². The van der Waals surface area contributed by atoms with Gasteiger partial charge in [-0.05, 0) is 18.4 Å². The molecule has 0 spiro atoms. The third kappa shape index (κ3) is 2.69. The summed E-state index contributed by atoms with van der Waals surface area (Å²) in [5.41, 5.74) is 8.15. The van der Waals surface area contributed by atoms with Crippen molar-refractivity contribution in [3.05, 3.63) is 10.4 Å². The molecule has 1 saturated carbocycles. The van der Waals surface area contributed by atoms with E-state index in [9.17, 15) is 13.6 Å². The molecular formula is C7H10F2N4O2. The summed E-state index contributed by atoms with van der Waals surface area (Å²) >= 11 is 0. The summed E-state index contributed by atoms with van der Waals surface area (Å²) in [7, 11) is 0. The van der Waals surface area contributed by atoms with E-state index in [1.165, 1.54) is 0 Å². The molecule has 8 heteroatoms. The number of alkyl halides is 2. The molecule has 1 aliphatic rings. The van der Waals surface area contributed by atoms with Gasteiger partial charge in [-0.25, -0.2) is 13.6 Å². The molecule has 84 valence electrons. The highest BCUT2D eigenvalue weighted by atomic mass is 19.3. The van der Waals surface area contributed by atoms with Crippen molar-refractivity contribution in [1.82, 2.24) is 5.32 Å². The van der Waals surface area contributed by atoms with E-state index in [-0.39, 0.29) is 19.3 Å². The van der Waals surface area contributed by atoms with Crippen molar-refractivity contribution in [1.29, 1.82) is 0 Å². The van der Waals surface area contributed by atoms with Crippen LogP contribution in [-0.4, -0.2) is 29.2 Å². The lowest BCUT2D eigenvalue weighted by Crippen LogP contribution is -2.52. The fourth-order valence-corrected chi connectivity index (χ4v) is 1.69. The summed E-state index contributed by atoms with van der Waals surface area (Å²) in [5.74, 6) is -3.14. The minimum atomic E-state index is -3.14. The molecular weight excluding hydrogens is 210 g/mol. The largest absolute Gasteiger partial charge is 0.465 e. The molecule has 1 fully saturated rings. The van der Waals surface area contributed by atoms with Crippen molar-refractivity contribution < 1.29 is 18.7 Å². The quantitative estimate of drug-likeness (QED) is 0.423. The van der Waals surface area contributed by atoms with Crippen molar-refractivity contribution in [2.75, 3.05) is 0 Å². The second kappa shape index (κ2) is 4.31. The summed E-state index contributed by atoms with van der Waals surface area (Å²) in [6.07, 6.45) is -1.31. The topological polar surface area (TPSA) is 98.1 Å². The normalized spacial score (nSPS) is 28.9. The van der Waals surface area contributed by atoms with E-state index in [4.69, 9.17) is 10.6 Å². The van der Waals surface area contributed by atoms with Crippen LogP contribution in [0.4, 0.5) is 13.6 Å². The number of hydrogen-bond acceptors (Lipinski definition) is 2. The minimum absolute atomic E-state index is 0.204. The van der Waals surface area contributed by atoms with Crippen LogP contribution >= 0.6 is 0 Å². The van der Waals surface area contributed by atoms with Crippen LogP contribution in [0.25, 0.3) is 10.4 Å². The predicted molar refractivity (Wildman–Crippen MR) is 46.7 cm³/mol. The Labute approximate surface area is 83.9 Å². The zero-order chi connectivity index (χ0) is 11.5. The molecule has 2 N–H and O–H groups in total. The highest BCUT2D eigenvalue weighted by Crippen LogP contribution is 2.35. The Morgan fingerprint density at radius 3 is 2.87 bits per heavy atom. The zero-order valence-electron chi connectivity index (χ0n) is 7.73. The molecule has 0 heterocycles. The van der Waals surface area contributed by atoms with Gasteiger partial charge in [0.2, 0.25) is 0 Å². The molecule has 15 heavy (non-hydrogen) atoms. The van der Waals surface area contributed by atoms with Crippen molar-refractivity contribution in [3.8, 4) is 0 Å². The molecule has 0 aliphatic heterocycles. The number of carboxylic acid groups (broad SMARTS) is 1. The lowest BCUT2D eigenvalue weighted by Gasteiger charge is -2.34. The van der Waals surface area contributed by atoms with Crippen LogP contribution in [0.3, 0.4) is 0 Å². The van der Waals surface area contributed by atoms with Crippen LogP contribution in [0.5, 0.6) is 0 Å². The maximum Gasteiger partial charge on any atom is 0.404 e. The van der Waals surface area contributed by atoms with Crippen LogP contribution in [0.15, 0.2) is 5.11 Å². The molecule has 0 radical (unpaired) electrons. The Bertz CT molecular complexity index is 303. The maximum absolute atomic E-state index is 13.3. The van der Waals surface area contributed by atoms with Gasteiger partial charge >= 0.3 is 6.09 Å². The van der Waals surface area contributed by atoms with Gasteiger partial charge in [0.25, 0.3) is 5.92 Å². The SMILES string of the molecule is [N-]=[N+]=N[C@H]1[C@@H](NC(=O)O)CCCC1(F)F. The van der Waals surface area contributed by atoms with Gasteiger partial charge in [-0.3, -0.25) is 0 Å². The van der Waals surface area contributed by atoms with Gasteiger partial charge in [0, 0.05) is 17.4 Å². The second-order valence-corrected chi connectivity index (χ2v) is 3.36. The first-order valence-electron chi connectivity index (χ1n) is 4.39. The van der Waals surface area contributed by atoms with E-state index in [2.05, 4.69) is 10.0 Å². The third-order valence-electron chi connectivity index (χ3n) is 2.32. The van der Waals surface area contributed by atoms with Crippen LogP contribution in [0.2, 0.25) is 0 Å². The monoisotopic (exact) mass is 220 g/mol. The second-order valence-electron chi connectivity index (χ2n) is 3.36. The average molecular weight is 220 g/mol. The van der Waals surface area contributed by atoms with E-state index in [1.807, 2.05) is 5.32 Å². The summed E-state index contributed by atoms with van der Waals surface area (Å²) in [5, 5.41) is 13.4. The molecule has 1 rings (SSSR count). The average Bonchev–Trinajstić information content (AvgIpc) is 2.10. The van der Waals surface area contributed by atoms with Gasteiger partial charge in [-0.15, -0.1) is 0 Å². The molecule has 6 nitrogen and oxygen atoms in total. The van der Waals surface area contributed by atoms with Crippen molar-refractivity contribution in [2.45, 2.75) is 37.3 Å². The van der Waals surface area contributed by atoms with Crippen molar-refractivity contribution in [3.63, 3.8) is 0 Å². The van der Waals surface area contributed by atoms with Gasteiger partial charge < -0.3 is 10.4 Å². The number of hydrogen-bond donors (Lipinski definition) is 2. The first kappa shape index (κ1) is 11.5. The van der Waals surface area contributed by atoms with Crippen LogP contribution in [0, 0.1) is 0 Å². The smallest absolute Gasteiger partial charge is 0.404 e. The van der Waals surface area contributed by atoms with Gasteiger partial charge in [0.05, 0.1) is 0 Å². The Morgan fingerprint density at radius 1 is 1.67 bits per heavy atom. The number of nitrogens with one attached hydrogen (secondary N) is 1. The number of carbonyl (C=O) groups is 1. The number of amides is 1. The zero-order valence-corrected chi connectivity index (χ0v) is 7.73. The minimum Gasteiger partial charge on any atom is -0.465 e. The summed E-state index contributed by atoms with van der Waals surface area (Å²) < 4.78 is 26.5. The molecule has 0 unspecified atom stereocenters. The molecule has 1 aliphatic carbocycles. The standard InChI is InChI=1S/C7H10F2N4O2/c8-7(9)3-1-2-4(11-6(14)15)5(7)12-13-10/h4-5,11H,1-3H2,(H,14,15)/t4-,5-/m0/s1. The Morgan fingerprint density at radius 2 is 2.33 bits per heavy atom. The fourth-order valence-electron chi connectivity index (χ4n) is 1.69. The number of azide groups is 1. The summed E-state index contributed by atoms with van der Waals surface area (Å²) in [6, 6.07) is -2.64. The fraction of sp³-hybridized carbons (Fsp3) is 0.857. The number of halogens is 2. The molecule has 0 bridgehead atoms. The number of nitrogens with zero attached hydrogens (tertiary/aromatic N) is 3. The van der Waals surface area contributed by atoms with E-state index in [0.29, 0.717) is 0 Å². The highest BCUT2D eigenvalue weighted by Gasteiger charge is 2.47. The highest BCUT2D eigenvalue weighted by molar-refractivity contribution is 5.65. The molecule has 2 atom stereocenters. The molecule has 0 saturated heterocycles. The third-order valence-corrected chi connectivity index (χ3v) is 2.32. The van der Waals surface area contributed by atoms with Crippen LogP contribution in [0.1, 0.15) is 19.3 Å². The van der Waals surface area contributed by atoms with Gasteiger partial charge in [-0.2, -0.15) is 0 Å². The van der Waals surface area contributed by atoms with Gasteiger partial charge in [0.15, 0.2) is 0 Å². The van der Waals surface area contributed by atoms with E-state index < -0.39 is 24.1 Å². The predicted octanol–water partition coefficient (Wildman–Crippen LogP) is 2.12. The Hall–Kier alpha value is -1.56. The van der Waals surface area contributed by atoms with Gasteiger partial charge in [-0.1, -0.05) is 5.11 Å².